The van der Waals surface area contributed by atoms with Crippen LogP contribution in [0.5, 0.6) is 0 Å². The second-order valence-corrected chi connectivity index (χ2v) is 22.4. The molecule has 1 aromatic heterocycles. The summed E-state index contributed by atoms with van der Waals surface area (Å²) in [5, 5.41) is 7.82. The third-order valence-electron chi connectivity index (χ3n) is 15.2. The van der Waals surface area contributed by atoms with Crippen LogP contribution in [0.4, 0.5) is 17.1 Å². The Morgan fingerprint density at radius 1 is 0.314 bits per heavy atom. The summed E-state index contributed by atoms with van der Waals surface area (Å²) in [7, 11) is -2.76. The van der Waals surface area contributed by atoms with E-state index in [1.54, 1.807) is 0 Å². The van der Waals surface area contributed by atoms with Crippen molar-refractivity contribution in [3.8, 4) is 33.4 Å². The van der Waals surface area contributed by atoms with Crippen LogP contribution in [-0.2, 0) is 5.41 Å². The van der Waals surface area contributed by atoms with E-state index < -0.39 is 13.5 Å². The fourth-order valence-electron chi connectivity index (χ4n) is 12.3. The van der Waals surface area contributed by atoms with Gasteiger partial charge in [0.25, 0.3) is 0 Å². The van der Waals surface area contributed by atoms with E-state index >= 15 is 0 Å². The van der Waals surface area contributed by atoms with Crippen LogP contribution in [0.2, 0.25) is 0 Å². The molecule has 11 aromatic carbocycles. The van der Waals surface area contributed by atoms with Crippen molar-refractivity contribution >= 4 is 67.8 Å². The molecule has 3 heteroatoms. The van der Waals surface area contributed by atoms with Gasteiger partial charge in [0.1, 0.15) is 11.2 Å². The van der Waals surface area contributed by atoms with Gasteiger partial charge in [-0.25, -0.2) is 0 Å². The highest BCUT2D eigenvalue weighted by Crippen LogP contribution is 2.56. The Hall–Kier alpha value is -8.76. The summed E-state index contributed by atoms with van der Waals surface area (Å²) in [5.74, 6) is 0. The van der Waals surface area contributed by atoms with E-state index in [1.807, 2.05) is 6.07 Å². The fraction of sp³-hybridized carbons (Fsp3) is 0.0149. The minimum Gasteiger partial charge on any atom is -0.456 e. The summed E-state index contributed by atoms with van der Waals surface area (Å²) < 4.78 is 6.57. The molecule has 0 N–H and O–H groups in total. The quantitative estimate of drug-likeness (QED) is 0.141. The van der Waals surface area contributed by atoms with Gasteiger partial charge in [-0.05, 0) is 125 Å². The fourth-order valence-corrected chi connectivity index (χ4v) is 17.5. The van der Waals surface area contributed by atoms with Crippen LogP contribution in [0.1, 0.15) is 22.3 Å². The lowest BCUT2D eigenvalue weighted by atomic mass is 9.67. The van der Waals surface area contributed by atoms with Crippen molar-refractivity contribution in [1.29, 1.82) is 0 Å². The van der Waals surface area contributed by atoms with Crippen molar-refractivity contribution in [2.75, 3.05) is 4.90 Å². The Morgan fingerprint density at radius 2 is 0.843 bits per heavy atom. The van der Waals surface area contributed by atoms with E-state index in [4.69, 9.17) is 4.42 Å². The van der Waals surface area contributed by atoms with Gasteiger partial charge in [-0.1, -0.05) is 218 Å². The van der Waals surface area contributed by atoms with Gasteiger partial charge in [0.2, 0.25) is 0 Å². The molecule has 0 unspecified atom stereocenters. The first-order valence-corrected chi connectivity index (χ1v) is 26.2. The molecule has 328 valence electrons. The predicted octanol–water partition coefficient (Wildman–Crippen LogP) is 14.4. The molecule has 0 atom stereocenters. The van der Waals surface area contributed by atoms with Gasteiger partial charge >= 0.3 is 0 Å². The molecule has 0 saturated heterocycles. The van der Waals surface area contributed by atoms with E-state index in [0.29, 0.717) is 0 Å². The van der Waals surface area contributed by atoms with Gasteiger partial charge in [0.05, 0.1) is 5.41 Å². The first kappa shape index (κ1) is 40.3. The van der Waals surface area contributed by atoms with Crippen molar-refractivity contribution < 1.29 is 4.42 Å². The van der Waals surface area contributed by atoms with Crippen LogP contribution in [0, 0.1) is 0 Å². The standard InChI is InChI=1S/C67H45NOSi/c1-3-20-48(21-4-1)67(61-32-12-7-27-55(61)56-28-8-13-33-62(56)67)49-22-17-19-47(43-49)46-37-39-50(40-38-46)68(52-41-42-58-57-29-9-14-34-63(57)69-64(58)45-52)51-23-18-26-54(44-51)70(53-24-5-2-6-25-53)65-35-15-10-30-59(65)60-31-11-16-36-66(60)70/h1-45H. The predicted molar refractivity (Wildman–Crippen MR) is 294 cm³/mol. The average Bonchev–Trinajstić information content (AvgIpc) is 4.07. The maximum absolute atomic E-state index is 6.57. The zero-order valence-corrected chi connectivity index (χ0v) is 39.3. The van der Waals surface area contributed by atoms with E-state index in [0.717, 1.165) is 44.6 Å². The molecule has 0 spiro atoms. The summed E-state index contributed by atoms with van der Waals surface area (Å²) >= 11 is 0. The number of nitrogens with zero attached hydrogens (tertiary/aromatic N) is 1. The summed E-state index contributed by atoms with van der Waals surface area (Å²) in [6.45, 7) is 0. The molecule has 0 fully saturated rings. The molecule has 12 aromatic rings. The molecule has 1 aliphatic heterocycles. The van der Waals surface area contributed by atoms with Gasteiger partial charge in [-0.15, -0.1) is 0 Å². The number of anilines is 3. The molecule has 2 aliphatic rings. The monoisotopic (exact) mass is 907 g/mol. The highest BCUT2D eigenvalue weighted by molar-refractivity contribution is 7.22. The van der Waals surface area contributed by atoms with Crippen LogP contribution in [0.15, 0.2) is 277 Å². The average molecular weight is 908 g/mol. The molecule has 0 bridgehead atoms. The largest absolute Gasteiger partial charge is 0.456 e. The molecule has 70 heavy (non-hydrogen) atoms. The van der Waals surface area contributed by atoms with Gasteiger partial charge in [0, 0.05) is 33.9 Å². The molecule has 1 aliphatic carbocycles. The normalized spacial score (nSPS) is 13.7. The smallest absolute Gasteiger partial charge is 0.180 e. The highest BCUT2D eigenvalue weighted by Gasteiger charge is 2.49. The number of hydrogen-bond donors (Lipinski definition) is 0. The zero-order chi connectivity index (χ0) is 46.2. The Morgan fingerprint density at radius 3 is 1.56 bits per heavy atom. The maximum atomic E-state index is 6.57. The summed E-state index contributed by atoms with van der Waals surface area (Å²) in [6.07, 6.45) is 0. The van der Waals surface area contributed by atoms with Crippen molar-refractivity contribution in [2.45, 2.75) is 5.41 Å². The van der Waals surface area contributed by atoms with Crippen LogP contribution >= 0.6 is 0 Å². The first-order valence-electron chi connectivity index (χ1n) is 24.2. The SMILES string of the molecule is c1ccc(C2(c3cccc(-c4ccc(N(c5cccc([Si]6(c7ccccc7)c7ccccc7-c7ccccc76)c5)c5ccc6c(c5)oc5ccccc56)cc4)c3)c3ccccc3-c3ccccc32)cc1. The third kappa shape index (κ3) is 5.86. The van der Waals surface area contributed by atoms with Gasteiger partial charge < -0.3 is 9.32 Å². The highest BCUT2D eigenvalue weighted by atomic mass is 28.3. The minimum atomic E-state index is -2.76. The van der Waals surface area contributed by atoms with Gasteiger partial charge in [-0.3, -0.25) is 0 Å². The number of para-hydroxylation sites is 1. The number of benzene rings is 11. The van der Waals surface area contributed by atoms with E-state index in [1.165, 1.54) is 70.8 Å². The molecule has 2 nitrogen and oxygen atoms in total. The molecule has 0 amide bonds. The number of fused-ring (bicyclic) bond motifs is 9. The second-order valence-electron chi connectivity index (χ2n) is 18.7. The number of furan rings is 1. The van der Waals surface area contributed by atoms with Crippen LogP contribution < -0.4 is 25.6 Å². The van der Waals surface area contributed by atoms with E-state index in [-0.39, 0.29) is 0 Å². The minimum absolute atomic E-state index is 0.470. The molecule has 0 radical (unpaired) electrons. The summed E-state index contributed by atoms with van der Waals surface area (Å²) in [6, 6.07) is 101. The second kappa shape index (κ2) is 15.9. The Bertz CT molecular complexity index is 3870. The third-order valence-corrected chi connectivity index (χ3v) is 20.1. The van der Waals surface area contributed by atoms with Gasteiger partial charge in [-0.2, -0.15) is 0 Å². The van der Waals surface area contributed by atoms with E-state index in [2.05, 4.69) is 272 Å². The Kier molecular flexibility index (Phi) is 9.17. The molecular formula is C67H45NOSi. The lowest BCUT2D eigenvalue weighted by molar-refractivity contribution is 0.669. The van der Waals surface area contributed by atoms with Gasteiger partial charge in [0.15, 0.2) is 8.07 Å². The Labute approximate surface area is 409 Å². The van der Waals surface area contributed by atoms with Crippen molar-refractivity contribution in [3.05, 3.63) is 295 Å². The van der Waals surface area contributed by atoms with Crippen molar-refractivity contribution in [1.82, 2.24) is 0 Å². The maximum Gasteiger partial charge on any atom is 0.180 e. The molecular weight excluding hydrogens is 863 g/mol. The Balaban J connectivity index is 0.934. The lowest BCUT2D eigenvalue weighted by Crippen LogP contribution is -2.72. The van der Waals surface area contributed by atoms with Crippen LogP contribution in [-0.4, -0.2) is 8.07 Å². The molecule has 0 saturated carbocycles. The molecule has 2 heterocycles. The summed E-state index contributed by atoms with van der Waals surface area (Å²) in [5.41, 5.74) is 17.2. The zero-order valence-electron chi connectivity index (χ0n) is 38.3. The van der Waals surface area contributed by atoms with Crippen molar-refractivity contribution in [3.63, 3.8) is 0 Å². The lowest BCUT2D eigenvalue weighted by Gasteiger charge is -2.34. The number of hydrogen-bond acceptors (Lipinski definition) is 2. The van der Waals surface area contributed by atoms with Crippen LogP contribution in [0.25, 0.3) is 55.3 Å². The first-order chi connectivity index (χ1) is 34.7. The van der Waals surface area contributed by atoms with E-state index in [9.17, 15) is 0 Å². The topological polar surface area (TPSA) is 16.4 Å². The number of rotatable bonds is 8. The molecule has 14 rings (SSSR count). The van der Waals surface area contributed by atoms with Crippen LogP contribution in [0.3, 0.4) is 0 Å². The van der Waals surface area contributed by atoms with Crippen molar-refractivity contribution in [2.24, 2.45) is 0 Å². The summed E-state index contributed by atoms with van der Waals surface area (Å²) in [4.78, 5) is 2.41.